The monoisotopic (exact) mass is 1100 g/mol. The Morgan fingerprint density at radius 3 is 1.55 bits per heavy atom. The van der Waals surface area contributed by atoms with Gasteiger partial charge >= 0.3 is 31.1 Å². The number of carbonyl (C=O) groups excluding carboxylic acids is 3. The first kappa shape index (κ1) is 60.9. The number of rotatable bonds is 12. The molecule has 0 spiro atoms. The molecule has 78 heavy (non-hydrogen) atoms. The van der Waals surface area contributed by atoms with Gasteiger partial charge in [0.2, 0.25) is 0 Å². The van der Waals surface area contributed by atoms with Crippen LogP contribution in [0.5, 0.6) is 23.0 Å². The molecule has 17 nitrogen and oxygen atoms in total. The van der Waals surface area contributed by atoms with Gasteiger partial charge in [-0.25, -0.2) is 14.4 Å². The molecule has 2 saturated heterocycles. The summed E-state index contributed by atoms with van der Waals surface area (Å²) in [5.74, 6) is -4.91. The number of halogens is 4. The van der Waals surface area contributed by atoms with Gasteiger partial charge < -0.3 is 66.7 Å². The van der Waals surface area contributed by atoms with Crippen LogP contribution >= 0.6 is 0 Å². The summed E-state index contributed by atoms with van der Waals surface area (Å²) in [6.45, 7) is 7.50. The Bertz CT molecular complexity index is 2620. The lowest BCUT2D eigenvalue weighted by atomic mass is 9.98. The summed E-state index contributed by atoms with van der Waals surface area (Å²) < 4.78 is 124. The van der Waals surface area contributed by atoms with Crippen molar-refractivity contribution < 1.29 is 98.6 Å². The van der Waals surface area contributed by atoms with E-state index in [1.807, 2.05) is 13.8 Å². The number of fused-ring (bicyclic) bond motifs is 4. The molecule has 7 rings (SSSR count). The third-order valence-electron chi connectivity index (χ3n) is 12.7. The molecule has 1 N–H and O–H groups in total. The Morgan fingerprint density at radius 1 is 0.641 bits per heavy atom. The summed E-state index contributed by atoms with van der Waals surface area (Å²) in [6, 6.07) is 13.6. The molecule has 0 aromatic heterocycles. The third kappa shape index (κ3) is 16.8. The van der Waals surface area contributed by atoms with Gasteiger partial charge in [-0.3, -0.25) is 0 Å². The lowest BCUT2D eigenvalue weighted by Crippen LogP contribution is -2.37. The summed E-state index contributed by atoms with van der Waals surface area (Å²) in [7, 11) is 2.78. The maximum atomic E-state index is 13.5. The minimum atomic E-state index is -3.10. The van der Waals surface area contributed by atoms with E-state index in [0.29, 0.717) is 12.0 Å². The van der Waals surface area contributed by atoms with Crippen LogP contribution in [0.1, 0.15) is 110 Å². The molecule has 4 aliphatic heterocycles. The number of methoxy groups -OCH3 is 2. The number of benzene rings is 3. The zero-order valence-corrected chi connectivity index (χ0v) is 45.1. The predicted molar refractivity (Wildman–Crippen MR) is 274 cm³/mol. The molecule has 2 fully saturated rings. The highest BCUT2D eigenvalue weighted by molar-refractivity contribution is 5.98. The molecular weight excluding hydrogens is 1030 g/mol. The molecule has 426 valence electrons. The second-order valence-electron chi connectivity index (χ2n) is 19.6. The second kappa shape index (κ2) is 27.5. The Balaban J connectivity index is 0.000000258. The van der Waals surface area contributed by atoms with Gasteiger partial charge in [-0.05, 0) is 95.9 Å². The van der Waals surface area contributed by atoms with Gasteiger partial charge in [0.15, 0.2) is 25.2 Å². The Labute approximate surface area is 450 Å². The smallest absolute Gasteiger partial charge is 0.387 e. The minimum Gasteiger partial charge on any atom is -0.466 e. The third-order valence-corrected chi connectivity index (χ3v) is 12.7. The van der Waals surface area contributed by atoms with E-state index in [0.717, 1.165) is 0 Å². The lowest BCUT2D eigenvalue weighted by Gasteiger charge is -2.25. The molecule has 0 aliphatic carbocycles. The maximum Gasteiger partial charge on any atom is 0.387 e. The molecule has 3 aromatic carbocycles. The fourth-order valence-electron chi connectivity index (χ4n) is 8.70. The predicted octanol–water partition coefficient (Wildman–Crippen LogP) is 10.5. The van der Waals surface area contributed by atoms with Crippen LogP contribution in [0.25, 0.3) is 12.2 Å². The van der Waals surface area contributed by atoms with Crippen molar-refractivity contribution in [1.82, 2.24) is 0 Å². The van der Waals surface area contributed by atoms with Crippen LogP contribution in [-0.2, 0) is 42.6 Å². The van der Waals surface area contributed by atoms with Gasteiger partial charge in [-0.1, -0.05) is 74.6 Å². The summed E-state index contributed by atoms with van der Waals surface area (Å²) in [5.41, 5.74) is 0.918. The molecule has 2 unspecified atom stereocenters. The van der Waals surface area contributed by atoms with Crippen molar-refractivity contribution in [2.75, 3.05) is 27.8 Å². The van der Waals surface area contributed by atoms with Crippen LogP contribution in [0, 0.1) is 11.8 Å². The van der Waals surface area contributed by atoms with E-state index in [1.165, 1.54) is 38.5 Å². The number of esters is 3. The van der Waals surface area contributed by atoms with Crippen molar-refractivity contribution in [3.05, 3.63) is 119 Å². The van der Waals surface area contributed by atoms with E-state index in [-0.39, 0.29) is 77.1 Å². The number of hydrogen-bond donors (Lipinski definition) is 1. The van der Waals surface area contributed by atoms with Crippen molar-refractivity contribution in [1.29, 1.82) is 0 Å². The molecule has 0 amide bonds. The molecular formula is C57H68F4O17. The molecule has 10 atom stereocenters. The normalized spacial score (nSPS) is 28.5. The molecule has 4 aliphatic rings. The first-order chi connectivity index (χ1) is 37.0. The molecule has 3 aromatic rings. The first-order valence-corrected chi connectivity index (χ1v) is 25.2. The maximum absolute atomic E-state index is 13.5. The molecule has 21 heteroatoms. The summed E-state index contributed by atoms with van der Waals surface area (Å²) in [5, 5.41) is 10.7. The van der Waals surface area contributed by atoms with Crippen molar-refractivity contribution in [2.24, 2.45) is 11.8 Å². The second-order valence-corrected chi connectivity index (χ2v) is 19.6. The van der Waals surface area contributed by atoms with Crippen LogP contribution in [0.3, 0.4) is 0 Å². The quantitative estimate of drug-likeness (QED) is 0.0592. The van der Waals surface area contributed by atoms with E-state index in [4.69, 9.17) is 52.1 Å². The standard InChI is InChI=1S/C32H36F2O9.C25H32F2O8/c1-19-14-15-24(41-29(35)21-10-7-6-8-11-21)28-25(42-32(3,4)43-28)13-9-12-22-16-23(40-31(33)34)17-26(38-18-37-5)27(22)30(36)39-20(19)2;1-14-9-10-18(28)22-19(34-25(3,4)35-22)8-6-7-16-11-17(33-24(26)27)12-20(31-13-30-5)21(16)23(29)32-15(14)2/h6-12,14-17,19-20,24-25,28,31H,13,18H2,1-5H3;6-7,9-12,14-15,18-19,22,24,28H,8,13H2,1-5H3/b12-9+,15-14-;7-6+,10-9-/t19-,20+,24?,25+,28-;14-,15+,18?,19+,22-/m11/s1. The fraction of sp³-hybridized carbons (Fsp3) is 0.491. The SMILES string of the molecule is COCOc1cc(OC(F)F)cc2c1C(=O)O[C@@H](C)[C@H](C)/C=C\C(O)[C@H]1OC(C)(C)O[C@H]1C/C=C/2.COCOc1cc(OC(F)F)cc2c1C(=O)O[C@@H](C)[C@H](C)/C=C\C(OC(=O)c1ccccc1)[C@H]1OC(C)(C)O[C@H]1C/C=C/2. The van der Waals surface area contributed by atoms with Gasteiger partial charge in [-0.2, -0.15) is 17.6 Å². The van der Waals surface area contributed by atoms with Gasteiger partial charge in [0.05, 0.1) is 17.8 Å². The largest absolute Gasteiger partial charge is 0.466 e. The average Bonchev–Trinajstić information content (AvgIpc) is 3.88. The number of aliphatic hydroxyl groups is 1. The minimum absolute atomic E-state index is 0.0187. The number of hydrogen-bond acceptors (Lipinski definition) is 17. The Hall–Kier alpha value is -6.33. The average molecular weight is 1100 g/mol. The van der Waals surface area contributed by atoms with E-state index < -0.39 is 91.5 Å². The van der Waals surface area contributed by atoms with E-state index >= 15 is 0 Å². The summed E-state index contributed by atoms with van der Waals surface area (Å²) in [6.07, 6.45) is 8.61. The van der Waals surface area contributed by atoms with Crippen LogP contribution in [0.15, 0.2) is 91.1 Å². The number of aliphatic hydroxyl groups excluding tert-OH is 1. The van der Waals surface area contributed by atoms with Crippen molar-refractivity contribution in [2.45, 2.75) is 142 Å². The van der Waals surface area contributed by atoms with Crippen LogP contribution in [0.4, 0.5) is 17.6 Å². The zero-order chi connectivity index (χ0) is 56.9. The Morgan fingerprint density at radius 2 is 1.09 bits per heavy atom. The molecule has 0 saturated carbocycles. The number of cyclic esters (lactones) is 2. The van der Waals surface area contributed by atoms with Gasteiger partial charge in [-0.15, -0.1) is 0 Å². The Kier molecular flexibility index (Phi) is 21.5. The van der Waals surface area contributed by atoms with Gasteiger partial charge in [0, 0.05) is 38.2 Å². The highest BCUT2D eigenvalue weighted by atomic mass is 19.3. The highest BCUT2D eigenvalue weighted by Crippen LogP contribution is 2.38. The van der Waals surface area contributed by atoms with Crippen molar-refractivity contribution in [3.63, 3.8) is 0 Å². The summed E-state index contributed by atoms with van der Waals surface area (Å²) >= 11 is 0. The van der Waals surface area contributed by atoms with Gasteiger partial charge in [0.1, 0.15) is 70.7 Å². The first-order valence-electron chi connectivity index (χ1n) is 25.2. The number of alkyl halides is 4. The van der Waals surface area contributed by atoms with E-state index in [2.05, 4.69) is 9.47 Å². The fourth-order valence-corrected chi connectivity index (χ4v) is 8.70. The number of ether oxygens (including phenoxy) is 13. The van der Waals surface area contributed by atoms with Crippen molar-refractivity contribution >= 4 is 30.1 Å². The highest BCUT2D eigenvalue weighted by Gasteiger charge is 2.46. The molecule has 0 bridgehead atoms. The molecule has 0 radical (unpaired) electrons. The lowest BCUT2D eigenvalue weighted by molar-refractivity contribution is -0.153. The van der Waals surface area contributed by atoms with Crippen molar-refractivity contribution in [3.8, 4) is 23.0 Å². The summed E-state index contributed by atoms with van der Waals surface area (Å²) in [4.78, 5) is 39.7. The van der Waals surface area contributed by atoms with Gasteiger partial charge in [0.25, 0.3) is 0 Å². The zero-order valence-electron chi connectivity index (χ0n) is 45.1. The van der Waals surface area contributed by atoms with E-state index in [9.17, 15) is 37.1 Å². The van der Waals surface area contributed by atoms with Crippen LogP contribution in [-0.4, -0.2) is 124 Å². The van der Waals surface area contributed by atoms with Crippen LogP contribution in [0.2, 0.25) is 0 Å². The number of carbonyl (C=O) groups is 3. The molecule has 4 heterocycles. The van der Waals surface area contributed by atoms with Crippen LogP contribution < -0.4 is 18.9 Å². The topological polar surface area (TPSA) is 191 Å². The van der Waals surface area contributed by atoms with E-state index in [1.54, 1.807) is 120 Å².